The van der Waals surface area contributed by atoms with Crippen molar-refractivity contribution in [3.05, 3.63) is 34.3 Å². The third kappa shape index (κ3) is 5.46. The summed E-state index contributed by atoms with van der Waals surface area (Å²) in [6, 6.07) is 8.61. The van der Waals surface area contributed by atoms with Gasteiger partial charge in [-0.25, -0.2) is 0 Å². The van der Waals surface area contributed by atoms with Gasteiger partial charge in [-0.05, 0) is 30.7 Å². The van der Waals surface area contributed by atoms with Gasteiger partial charge in [0.1, 0.15) is 0 Å². The van der Waals surface area contributed by atoms with Gasteiger partial charge in [0.2, 0.25) is 0 Å². The van der Waals surface area contributed by atoms with Crippen LogP contribution in [-0.2, 0) is 6.54 Å². The molecule has 0 amide bonds. The van der Waals surface area contributed by atoms with Crippen LogP contribution in [0.3, 0.4) is 0 Å². The van der Waals surface area contributed by atoms with Gasteiger partial charge in [-0.1, -0.05) is 57.3 Å². The fraction of sp³-hybridized carbons (Fsp3) is 0.538. The Hall–Kier alpha value is 0.140. The Labute approximate surface area is 115 Å². The Morgan fingerprint density at radius 1 is 1.12 bits per heavy atom. The number of rotatable bonds is 7. The molecular weight excluding hydrogens is 330 g/mol. The van der Waals surface area contributed by atoms with E-state index in [0.29, 0.717) is 0 Å². The van der Waals surface area contributed by atoms with E-state index in [9.17, 15) is 0 Å². The lowest BCUT2D eigenvalue weighted by atomic mass is 10.2. The van der Waals surface area contributed by atoms with Crippen molar-refractivity contribution in [2.75, 3.05) is 18.4 Å². The maximum atomic E-state index is 3.52. The van der Waals surface area contributed by atoms with Crippen molar-refractivity contribution in [1.29, 1.82) is 0 Å². The van der Waals surface area contributed by atoms with E-state index in [1.165, 1.54) is 24.9 Å². The summed E-state index contributed by atoms with van der Waals surface area (Å²) in [6.07, 6.45) is 2.54. The maximum Gasteiger partial charge on any atom is 0.0234 e. The second kappa shape index (κ2) is 8.26. The largest absolute Gasteiger partial charge is 0.298 e. The molecule has 0 heterocycles. The first-order valence-electron chi connectivity index (χ1n) is 5.79. The van der Waals surface area contributed by atoms with Crippen molar-refractivity contribution in [3.8, 4) is 0 Å². The number of hydrogen-bond acceptors (Lipinski definition) is 1. The minimum atomic E-state index is 1.05. The van der Waals surface area contributed by atoms with Gasteiger partial charge < -0.3 is 0 Å². The predicted molar refractivity (Wildman–Crippen MR) is 78.1 cm³/mol. The molecule has 0 saturated heterocycles. The van der Waals surface area contributed by atoms with Crippen molar-refractivity contribution in [1.82, 2.24) is 4.90 Å². The van der Waals surface area contributed by atoms with Crippen LogP contribution in [0.1, 0.15) is 25.3 Å². The molecule has 0 saturated carbocycles. The van der Waals surface area contributed by atoms with E-state index in [1.807, 2.05) is 0 Å². The molecule has 1 aromatic rings. The molecule has 0 aliphatic rings. The first-order chi connectivity index (χ1) is 7.76. The molecule has 16 heavy (non-hydrogen) atoms. The summed E-state index contributed by atoms with van der Waals surface area (Å²) in [5.74, 6) is 0. The number of nitrogens with zero attached hydrogens (tertiary/aromatic N) is 1. The van der Waals surface area contributed by atoms with Crippen LogP contribution in [0, 0.1) is 0 Å². The molecule has 1 rings (SSSR count). The molecule has 0 aliphatic carbocycles. The number of halogens is 2. The van der Waals surface area contributed by atoms with Gasteiger partial charge in [0.15, 0.2) is 0 Å². The molecule has 0 N–H and O–H groups in total. The van der Waals surface area contributed by atoms with Crippen molar-refractivity contribution in [2.24, 2.45) is 0 Å². The Balaban J connectivity index is 2.49. The lowest BCUT2D eigenvalue weighted by molar-refractivity contribution is 0.278. The van der Waals surface area contributed by atoms with Gasteiger partial charge >= 0.3 is 0 Å². The fourth-order valence-electron chi connectivity index (χ4n) is 1.62. The molecule has 0 aliphatic heterocycles. The molecule has 0 bridgehead atoms. The van der Waals surface area contributed by atoms with E-state index < -0.39 is 0 Å². The average molecular weight is 349 g/mol. The van der Waals surface area contributed by atoms with Crippen molar-refractivity contribution < 1.29 is 0 Å². The summed E-state index contributed by atoms with van der Waals surface area (Å²) in [5, 5.41) is 1.05. The topological polar surface area (TPSA) is 3.24 Å². The summed E-state index contributed by atoms with van der Waals surface area (Å²) in [6.45, 7) is 5.61. The van der Waals surface area contributed by atoms with Crippen LogP contribution in [0.25, 0.3) is 0 Å². The number of alkyl halides is 1. The maximum absolute atomic E-state index is 3.52. The Morgan fingerprint density at radius 2 is 1.81 bits per heavy atom. The van der Waals surface area contributed by atoms with E-state index in [-0.39, 0.29) is 0 Å². The second-order valence-corrected chi connectivity index (χ2v) is 5.65. The van der Waals surface area contributed by atoms with Crippen LogP contribution >= 0.6 is 31.9 Å². The van der Waals surface area contributed by atoms with Gasteiger partial charge in [-0.15, -0.1) is 0 Å². The SMILES string of the molecule is CCCCN(CCBr)Cc1ccc(Br)cc1. The average Bonchev–Trinajstić information content (AvgIpc) is 2.29. The number of hydrogen-bond donors (Lipinski definition) is 0. The van der Waals surface area contributed by atoms with Crippen molar-refractivity contribution in [2.45, 2.75) is 26.3 Å². The van der Waals surface area contributed by atoms with Gasteiger partial charge in [0.05, 0.1) is 0 Å². The van der Waals surface area contributed by atoms with E-state index in [1.54, 1.807) is 0 Å². The zero-order valence-corrected chi connectivity index (χ0v) is 12.9. The van der Waals surface area contributed by atoms with E-state index in [0.717, 1.165) is 22.9 Å². The fourth-order valence-corrected chi connectivity index (χ4v) is 2.39. The first kappa shape index (κ1) is 14.2. The summed E-state index contributed by atoms with van der Waals surface area (Å²) in [4.78, 5) is 2.50. The highest BCUT2D eigenvalue weighted by Gasteiger charge is 2.04. The van der Waals surface area contributed by atoms with Crippen molar-refractivity contribution >= 4 is 31.9 Å². The van der Waals surface area contributed by atoms with Crippen LogP contribution in [0.15, 0.2) is 28.7 Å². The highest BCUT2D eigenvalue weighted by Crippen LogP contribution is 2.12. The lowest BCUT2D eigenvalue weighted by Crippen LogP contribution is -2.26. The molecule has 0 radical (unpaired) electrons. The molecule has 1 aromatic carbocycles. The Bertz CT molecular complexity index is 284. The standard InChI is InChI=1S/C13H19Br2N/c1-2-3-9-16(10-8-14)11-12-4-6-13(15)7-5-12/h4-7H,2-3,8-11H2,1H3. The Kier molecular flexibility index (Phi) is 7.33. The molecule has 0 fully saturated rings. The second-order valence-electron chi connectivity index (χ2n) is 3.95. The predicted octanol–water partition coefficient (Wildman–Crippen LogP) is 4.45. The number of unbranched alkanes of at least 4 members (excludes halogenated alkanes) is 1. The van der Waals surface area contributed by atoms with Crippen molar-refractivity contribution in [3.63, 3.8) is 0 Å². The quantitative estimate of drug-likeness (QED) is 0.658. The smallest absolute Gasteiger partial charge is 0.0234 e. The lowest BCUT2D eigenvalue weighted by Gasteiger charge is -2.21. The zero-order valence-electron chi connectivity index (χ0n) is 9.76. The first-order valence-corrected chi connectivity index (χ1v) is 7.70. The van der Waals surface area contributed by atoms with Crippen LogP contribution in [-0.4, -0.2) is 23.3 Å². The highest BCUT2D eigenvalue weighted by molar-refractivity contribution is 9.10. The molecule has 0 atom stereocenters. The third-order valence-electron chi connectivity index (χ3n) is 2.55. The molecule has 0 aromatic heterocycles. The summed E-state index contributed by atoms with van der Waals surface area (Å²) >= 11 is 6.98. The Morgan fingerprint density at radius 3 is 2.38 bits per heavy atom. The molecule has 0 unspecified atom stereocenters. The molecule has 0 spiro atoms. The third-order valence-corrected chi connectivity index (χ3v) is 3.43. The zero-order chi connectivity index (χ0) is 11.8. The highest BCUT2D eigenvalue weighted by atomic mass is 79.9. The molecular formula is C13H19Br2N. The molecule has 3 heteroatoms. The summed E-state index contributed by atoms with van der Waals surface area (Å²) in [7, 11) is 0. The molecule has 90 valence electrons. The van der Waals surface area contributed by atoms with Gasteiger partial charge in [-0.3, -0.25) is 4.90 Å². The minimum absolute atomic E-state index is 1.05. The van der Waals surface area contributed by atoms with Gasteiger partial charge in [0.25, 0.3) is 0 Å². The normalized spacial score (nSPS) is 11.0. The van der Waals surface area contributed by atoms with E-state index in [4.69, 9.17) is 0 Å². The summed E-state index contributed by atoms with van der Waals surface area (Å²) in [5.41, 5.74) is 1.39. The number of benzene rings is 1. The van der Waals surface area contributed by atoms with Gasteiger partial charge in [-0.2, -0.15) is 0 Å². The molecule has 1 nitrogen and oxygen atoms in total. The summed E-state index contributed by atoms with van der Waals surface area (Å²) < 4.78 is 1.15. The van der Waals surface area contributed by atoms with Crippen LogP contribution in [0.2, 0.25) is 0 Å². The van der Waals surface area contributed by atoms with Crippen LogP contribution in [0.4, 0.5) is 0 Å². The van der Waals surface area contributed by atoms with Crippen LogP contribution in [0.5, 0.6) is 0 Å². The minimum Gasteiger partial charge on any atom is -0.298 e. The van der Waals surface area contributed by atoms with Gasteiger partial charge in [0, 0.05) is 22.9 Å². The van der Waals surface area contributed by atoms with E-state index in [2.05, 4.69) is 67.9 Å². The monoisotopic (exact) mass is 347 g/mol. The van der Waals surface area contributed by atoms with Crippen LogP contribution < -0.4 is 0 Å². The van der Waals surface area contributed by atoms with E-state index >= 15 is 0 Å².